The number of rotatable bonds is 6. The number of benzene rings is 7. The average molecular weight is 784 g/mol. The first-order chi connectivity index (χ1) is 29.4. The predicted molar refractivity (Wildman–Crippen MR) is 221 cm³/mol. The van der Waals surface area contributed by atoms with Gasteiger partial charge in [-0.2, -0.15) is 15.8 Å². The van der Waals surface area contributed by atoms with Crippen LogP contribution in [0.25, 0.3) is 84.3 Å². The highest BCUT2D eigenvalue weighted by atomic mass is 19.1. The Labute approximate surface area is 339 Å². The largest absolute Gasteiger partial charge is 0.290 e. The molecule has 3 aromatic heterocycles. The van der Waals surface area contributed by atoms with Gasteiger partial charge in [0.25, 0.3) is 0 Å². The highest BCUT2D eigenvalue weighted by molar-refractivity contribution is 6.22. The number of fused-ring (bicyclic) bond motifs is 6. The Balaban J connectivity index is 1.48. The van der Waals surface area contributed by atoms with Crippen molar-refractivity contribution in [3.63, 3.8) is 0 Å². The first-order valence-electron chi connectivity index (χ1n) is 18.5. The highest BCUT2D eigenvalue weighted by Crippen LogP contribution is 2.44. The minimum absolute atomic E-state index is 0.131. The molecule has 0 spiro atoms. The smallest absolute Gasteiger partial charge is 0.145 e. The lowest BCUT2D eigenvalue weighted by atomic mass is 10.1. The molecule has 0 saturated heterocycles. The molecule has 0 aliphatic rings. The van der Waals surface area contributed by atoms with Crippen molar-refractivity contribution in [1.29, 1.82) is 15.8 Å². The summed E-state index contributed by atoms with van der Waals surface area (Å²) in [5.74, 6) is -1.22. The summed E-state index contributed by atoms with van der Waals surface area (Å²) in [5, 5.41) is 28.8. The average Bonchev–Trinajstić information content (AvgIpc) is 4.00. The monoisotopic (exact) mass is 783 g/mol. The summed E-state index contributed by atoms with van der Waals surface area (Å²) in [7, 11) is 0. The molecule has 0 amide bonds. The molecule has 12 heteroatoms. The van der Waals surface area contributed by atoms with Crippen LogP contribution in [0.4, 0.5) is 13.2 Å². The minimum Gasteiger partial charge on any atom is -0.290 e. The second kappa shape index (κ2) is 14.0. The summed E-state index contributed by atoms with van der Waals surface area (Å²) in [6.45, 7) is 0. The van der Waals surface area contributed by atoms with Crippen LogP contribution in [-0.2, 0) is 0 Å². The number of halogens is 3. The van der Waals surface area contributed by atoms with Gasteiger partial charge in [0.2, 0.25) is 0 Å². The summed E-state index contributed by atoms with van der Waals surface area (Å²) in [6.07, 6.45) is 0. The van der Waals surface area contributed by atoms with Gasteiger partial charge in [-0.25, -0.2) is 28.1 Å². The Hall–Kier alpha value is -8.79. The summed E-state index contributed by atoms with van der Waals surface area (Å²) in [5.41, 5.74) is 5.32. The number of nitriles is 3. The molecular weight excluding hydrogens is 760 g/mol. The molecule has 282 valence electrons. The Kier molecular flexibility index (Phi) is 8.31. The van der Waals surface area contributed by atoms with Crippen molar-refractivity contribution in [3.8, 4) is 69.4 Å². The fraction of sp³-hybridized carbons (Fsp3) is 0. The molecule has 60 heavy (non-hydrogen) atoms. The zero-order valence-corrected chi connectivity index (χ0v) is 31.0. The van der Waals surface area contributed by atoms with E-state index in [-0.39, 0.29) is 16.7 Å². The summed E-state index contributed by atoms with van der Waals surface area (Å²) < 4.78 is 52.2. The second-order valence-electron chi connectivity index (χ2n) is 13.8. The molecular formula is C48H24F3N9. The van der Waals surface area contributed by atoms with Crippen LogP contribution in [0.2, 0.25) is 0 Å². The minimum atomic E-state index is -0.727. The van der Waals surface area contributed by atoms with E-state index in [1.54, 1.807) is 18.2 Å². The van der Waals surface area contributed by atoms with E-state index < -0.39 is 17.5 Å². The Morgan fingerprint density at radius 2 is 0.633 bits per heavy atom. The van der Waals surface area contributed by atoms with Crippen LogP contribution >= 0.6 is 0 Å². The molecule has 3 heterocycles. The molecule has 0 aliphatic carbocycles. The molecule has 0 N–H and O–H groups in total. The van der Waals surface area contributed by atoms with Crippen molar-refractivity contribution in [1.82, 2.24) is 28.7 Å². The maximum atomic E-state index is 15.5. The first kappa shape index (κ1) is 35.6. The van der Waals surface area contributed by atoms with Crippen LogP contribution in [0.1, 0.15) is 16.7 Å². The van der Waals surface area contributed by atoms with Gasteiger partial charge in [-0.3, -0.25) is 13.7 Å². The zero-order chi connectivity index (χ0) is 41.1. The highest BCUT2D eigenvalue weighted by Gasteiger charge is 2.31. The first-order valence-corrected chi connectivity index (χ1v) is 18.5. The molecule has 0 bridgehead atoms. The second-order valence-corrected chi connectivity index (χ2v) is 13.8. The fourth-order valence-electron chi connectivity index (χ4n) is 7.71. The molecule has 0 aliphatic heterocycles. The van der Waals surface area contributed by atoms with Crippen molar-refractivity contribution < 1.29 is 13.2 Å². The van der Waals surface area contributed by atoms with E-state index in [0.29, 0.717) is 84.3 Å². The maximum absolute atomic E-state index is 15.5. The standard InChI is InChI=1S/C48H24F3N9/c49-37-22-28(16-19-31(37)25-52)46-55-40-43(58(46)34-10-4-1-5-11-34)41-45(60(36-14-8-3-9-15-36)47(56-41)29-17-20-32(26-53)38(50)23-29)42-44(40)59(35-12-6-2-7-13-35)48(57-42)30-18-21-33(27-54)39(51)24-30/h1-24H. The molecule has 10 rings (SSSR count). The van der Waals surface area contributed by atoms with Crippen molar-refractivity contribution in [3.05, 3.63) is 180 Å². The van der Waals surface area contributed by atoms with Crippen LogP contribution < -0.4 is 0 Å². The summed E-state index contributed by atoms with van der Waals surface area (Å²) >= 11 is 0. The van der Waals surface area contributed by atoms with Crippen LogP contribution in [0, 0.1) is 51.4 Å². The Morgan fingerprint density at radius 3 is 0.867 bits per heavy atom. The van der Waals surface area contributed by atoms with Gasteiger partial charge in [0.1, 0.15) is 86.2 Å². The van der Waals surface area contributed by atoms with E-state index >= 15 is 13.2 Å². The molecule has 0 saturated carbocycles. The fourth-order valence-corrected chi connectivity index (χ4v) is 7.71. The van der Waals surface area contributed by atoms with Crippen molar-refractivity contribution in [2.45, 2.75) is 0 Å². The van der Waals surface area contributed by atoms with Gasteiger partial charge >= 0.3 is 0 Å². The lowest BCUT2D eigenvalue weighted by Crippen LogP contribution is -2.00. The Morgan fingerprint density at radius 1 is 0.367 bits per heavy atom. The van der Waals surface area contributed by atoms with E-state index in [2.05, 4.69) is 0 Å². The number of hydrogen-bond acceptors (Lipinski definition) is 6. The van der Waals surface area contributed by atoms with Crippen LogP contribution in [0.15, 0.2) is 146 Å². The molecule has 0 atom stereocenters. The number of imidazole rings is 3. The summed E-state index contributed by atoms with van der Waals surface area (Å²) in [6, 6.07) is 46.6. The van der Waals surface area contributed by atoms with Gasteiger partial charge in [-0.15, -0.1) is 0 Å². The van der Waals surface area contributed by atoms with E-state index in [9.17, 15) is 15.8 Å². The molecule has 9 nitrogen and oxygen atoms in total. The Bertz CT molecular complexity index is 3100. The third-order valence-electron chi connectivity index (χ3n) is 10.4. The third kappa shape index (κ3) is 5.50. The van der Waals surface area contributed by atoms with Crippen LogP contribution in [0.3, 0.4) is 0 Å². The van der Waals surface area contributed by atoms with Gasteiger partial charge < -0.3 is 0 Å². The number of nitrogens with zero attached hydrogens (tertiary/aromatic N) is 9. The normalized spacial score (nSPS) is 11.2. The topological polar surface area (TPSA) is 125 Å². The number of aromatic nitrogens is 6. The van der Waals surface area contributed by atoms with E-state index in [1.165, 1.54) is 36.4 Å². The SMILES string of the molecule is N#Cc1ccc(-c2nc3c(c4nc(-c5ccc(C#N)c(F)c5)n(-c5ccccc5)c4c4nc(-c5ccc(C#N)c(F)c5)n(-c5ccccc5)c34)n2-c2ccccc2)cc1F. The molecule has 0 radical (unpaired) electrons. The van der Waals surface area contributed by atoms with Crippen LogP contribution in [-0.4, -0.2) is 28.7 Å². The van der Waals surface area contributed by atoms with Crippen molar-refractivity contribution in [2.75, 3.05) is 0 Å². The van der Waals surface area contributed by atoms with Gasteiger partial charge in [0.05, 0.1) is 16.7 Å². The third-order valence-corrected chi connectivity index (χ3v) is 10.4. The van der Waals surface area contributed by atoms with E-state index in [0.717, 1.165) is 0 Å². The lowest BCUT2D eigenvalue weighted by Gasteiger charge is -2.12. The zero-order valence-electron chi connectivity index (χ0n) is 31.0. The quantitative estimate of drug-likeness (QED) is 0.165. The molecule has 0 unspecified atom stereocenters. The molecule has 10 aromatic rings. The molecule has 7 aromatic carbocycles. The lowest BCUT2D eigenvalue weighted by molar-refractivity contribution is 0.624. The number of hydrogen-bond donors (Lipinski definition) is 0. The van der Waals surface area contributed by atoms with Gasteiger partial charge in [-0.05, 0) is 91.0 Å². The van der Waals surface area contributed by atoms with E-state index in [1.807, 2.05) is 123 Å². The van der Waals surface area contributed by atoms with Crippen molar-refractivity contribution >= 4 is 33.1 Å². The van der Waals surface area contributed by atoms with Crippen LogP contribution in [0.5, 0.6) is 0 Å². The van der Waals surface area contributed by atoms with Crippen molar-refractivity contribution in [2.24, 2.45) is 0 Å². The maximum Gasteiger partial charge on any atom is 0.145 e. The molecule has 0 fully saturated rings. The predicted octanol–water partition coefficient (Wildman–Crippen LogP) is 10.7. The van der Waals surface area contributed by atoms with Gasteiger partial charge in [-0.1, -0.05) is 54.6 Å². The van der Waals surface area contributed by atoms with Gasteiger partial charge in [0.15, 0.2) is 0 Å². The number of para-hydroxylation sites is 3. The summed E-state index contributed by atoms with van der Waals surface area (Å²) in [4.78, 5) is 15.9. The van der Waals surface area contributed by atoms with E-state index in [4.69, 9.17) is 15.0 Å². The van der Waals surface area contributed by atoms with Gasteiger partial charge in [0, 0.05) is 33.8 Å².